The molecule has 5 nitrogen and oxygen atoms in total. The van der Waals surface area contributed by atoms with Gasteiger partial charge in [-0.15, -0.1) is 0 Å². The lowest BCUT2D eigenvalue weighted by molar-refractivity contribution is -0.127. The maximum absolute atomic E-state index is 12.6. The Labute approximate surface area is 149 Å². The summed E-state index contributed by atoms with van der Waals surface area (Å²) in [7, 11) is 0. The van der Waals surface area contributed by atoms with Crippen molar-refractivity contribution in [3.05, 3.63) is 65.5 Å². The Kier molecular flexibility index (Phi) is 6.42. The molecule has 0 spiro atoms. The Bertz CT molecular complexity index is 705. The van der Waals surface area contributed by atoms with E-state index in [-0.39, 0.29) is 17.2 Å². The van der Waals surface area contributed by atoms with E-state index in [1.54, 1.807) is 11.0 Å². The zero-order valence-electron chi connectivity index (χ0n) is 14.9. The number of nitrogens with zero attached hydrogens (tertiary/aromatic N) is 1. The SMILES string of the molecule is C=C(C(=O)N1Cc2ccc(OCCN)cc2C1)/C(O)=C\C=C\C(C)C. The number of rotatable bonds is 7. The van der Waals surface area contributed by atoms with Gasteiger partial charge in [0.2, 0.25) is 0 Å². The molecule has 1 aromatic carbocycles. The predicted octanol–water partition coefficient (Wildman–Crippen LogP) is 3.08. The molecule has 134 valence electrons. The molecule has 0 saturated heterocycles. The van der Waals surface area contributed by atoms with Crippen molar-refractivity contribution in [3.8, 4) is 5.75 Å². The van der Waals surface area contributed by atoms with Gasteiger partial charge in [-0.1, -0.05) is 38.6 Å². The molecule has 0 bridgehead atoms. The Morgan fingerprint density at radius 1 is 1.40 bits per heavy atom. The number of aliphatic hydroxyl groups excluding tert-OH is 1. The maximum Gasteiger partial charge on any atom is 0.257 e. The van der Waals surface area contributed by atoms with Crippen molar-refractivity contribution in [1.29, 1.82) is 0 Å². The van der Waals surface area contributed by atoms with E-state index in [2.05, 4.69) is 6.58 Å². The van der Waals surface area contributed by atoms with Crippen LogP contribution in [0.15, 0.2) is 54.3 Å². The highest BCUT2D eigenvalue weighted by atomic mass is 16.5. The molecule has 1 aliphatic rings. The molecule has 0 radical (unpaired) electrons. The van der Waals surface area contributed by atoms with Crippen LogP contribution in [-0.4, -0.2) is 29.1 Å². The number of carbonyl (C=O) groups excluding carboxylic acids is 1. The molecule has 0 aliphatic carbocycles. The van der Waals surface area contributed by atoms with Gasteiger partial charge in [0.1, 0.15) is 18.1 Å². The minimum atomic E-state index is -0.271. The molecule has 0 atom stereocenters. The molecule has 2 rings (SSSR count). The highest BCUT2D eigenvalue weighted by Crippen LogP contribution is 2.28. The maximum atomic E-state index is 12.6. The Hall–Kier alpha value is -2.53. The average molecular weight is 342 g/mol. The zero-order chi connectivity index (χ0) is 18.4. The van der Waals surface area contributed by atoms with Crippen molar-refractivity contribution in [2.75, 3.05) is 13.2 Å². The molecule has 5 heteroatoms. The third kappa shape index (κ3) is 4.97. The standard InChI is InChI=1S/C20H26N2O3/c1-14(2)5-4-6-19(23)15(3)20(24)22-12-16-7-8-18(25-10-9-21)11-17(16)13-22/h4-8,11,14,23H,3,9-10,12-13,21H2,1-2H3/b5-4+,19-6+. The molecule has 0 fully saturated rings. The number of aliphatic hydroxyl groups is 1. The molecule has 0 saturated carbocycles. The summed E-state index contributed by atoms with van der Waals surface area (Å²) in [6.45, 7) is 9.70. The van der Waals surface area contributed by atoms with Crippen molar-refractivity contribution >= 4 is 5.91 Å². The monoisotopic (exact) mass is 342 g/mol. The Morgan fingerprint density at radius 2 is 2.12 bits per heavy atom. The van der Waals surface area contributed by atoms with Gasteiger partial charge in [0.05, 0.1) is 5.57 Å². The predicted molar refractivity (Wildman–Crippen MR) is 99.1 cm³/mol. The zero-order valence-corrected chi connectivity index (χ0v) is 14.9. The van der Waals surface area contributed by atoms with Gasteiger partial charge in [-0.25, -0.2) is 0 Å². The molecule has 0 unspecified atom stereocenters. The summed E-state index contributed by atoms with van der Waals surface area (Å²) in [6, 6.07) is 5.77. The number of nitrogens with two attached hydrogens (primary N) is 1. The van der Waals surface area contributed by atoms with E-state index >= 15 is 0 Å². The number of carbonyl (C=O) groups is 1. The second-order valence-electron chi connectivity index (χ2n) is 6.39. The molecule has 1 aliphatic heterocycles. The van der Waals surface area contributed by atoms with E-state index < -0.39 is 0 Å². The summed E-state index contributed by atoms with van der Waals surface area (Å²) in [5.74, 6) is 0.743. The van der Waals surface area contributed by atoms with Gasteiger partial charge >= 0.3 is 0 Å². The summed E-state index contributed by atoms with van der Waals surface area (Å²) >= 11 is 0. The van der Waals surface area contributed by atoms with E-state index in [0.29, 0.717) is 32.2 Å². The van der Waals surface area contributed by atoms with Crippen LogP contribution in [0.3, 0.4) is 0 Å². The van der Waals surface area contributed by atoms with Crippen LogP contribution in [0.25, 0.3) is 0 Å². The van der Waals surface area contributed by atoms with Gasteiger partial charge in [-0.3, -0.25) is 4.79 Å². The van der Waals surface area contributed by atoms with Gasteiger partial charge in [0.15, 0.2) is 0 Å². The number of hydrogen-bond acceptors (Lipinski definition) is 4. The molecule has 1 heterocycles. The van der Waals surface area contributed by atoms with Crippen molar-refractivity contribution in [2.45, 2.75) is 26.9 Å². The highest BCUT2D eigenvalue weighted by molar-refractivity contribution is 5.96. The van der Waals surface area contributed by atoms with Gasteiger partial charge in [-0.2, -0.15) is 0 Å². The first-order chi connectivity index (χ1) is 11.9. The quantitative estimate of drug-likeness (QED) is 0.454. The fourth-order valence-electron chi connectivity index (χ4n) is 2.55. The van der Waals surface area contributed by atoms with Gasteiger partial charge in [-0.05, 0) is 35.3 Å². The van der Waals surface area contributed by atoms with E-state index in [1.165, 1.54) is 6.08 Å². The van der Waals surface area contributed by atoms with Crippen molar-refractivity contribution in [2.24, 2.45) is 11.7 Å². The molecule has 3 N–H and O–H groups in total. The summed E-state index contributed by atoms with van der Waals surface area (Å²) in [5.41, 5.74) is 7.65. The minimum absolute atomic E-state index is 0.0980. The second-order valence-corrected chi connectivity index (χ2v) is 6.39. The van der Waals surface area contributed by atoms with Gasteiger partial charge in [0, 0.05) is 19.6 Å². The molecular formula is C20H26N2O3. The summed E-state index contributed by atoms with van der Waals surface area (Å²) < 4.78 is 5.52. The van der Waals surface area contributed by atoms with E-state index in [9.17, 15) is 9.90 Å². The molecular weight excluding hydrogens is 316 g/mol. The van der Waals surface area contributed by atoms with Crippen LogP contribution in [0, 0.1) is 5.92 Å². The Balaban J connectivity index is 2.02. The third-order valence-electron chi connectivity index (χ3n) is 3.89. The first kappa shape index (κ1) is 18.8. The number of benzene rings is 1. The second kappa shape index (κ2) is 8.53. The minimum Gasteiger partial charge on any atom is -0.507 e. The number of ether oxygens (including phenoxy) is 1. The number of hydrogen-bond donors (Lipinski definition) is 2. The number of amides is 1. The lowest BCUT2D eigenvalue weighted by Crippen LogP contribution is -2.27. The normalized spacial score (nSPS) is 14.2. The first-order valence-corrected chi connectivity index (χ1v) is 8.43. The average Bonchev–Trinajstić information content (AvgIpc) is 3.01. The van der Waals surface area contributed by atoms with E-state index in [0.717, 1.165) is 16.9 Å². The summed E-state index contributed by atoms with van der Waals surface area (Å²) in [6.07, 6.45) is 5.17. The lowest BCUT2D eigenvalue weighted by Gasteiger charge is -2.16. The topological polar surface area (TPSA) is 75.8 Å². The van der Waals surface area contributed by atoms with Crippen molar-refractivity contribution < 1.29 is 14.6 Å². The molecule has 0 aromatic heterocycles. The fourth-order valence-corrected chi connectivity index (χ4v) is 2.55. The van der Waals surface area contributed by atoms with Crippen LogP contribution in [-0.2, 0) is 17.9 Å². The van der Waals surface area contributed by atoms with Crippen molar-refractivity contribution in [1.82, 2.24) is 4.90 Å². The highest BCUT2D eigenvalue weighted by Gasteiger charge is 2.26. The van der Waals surface area contributed by atoms with Crippen LogP contribution < -0.4 is 10.5 Å². The third-order valence-corrected chi connectivity index (χ3v) is 3.89. The largest absolute Gasteiger partial charge is 0.507 e. The van der Waals surface area contributed by atoms with E-state index in [4.69, 9.17) is 10.5 Å². The van der Waals surface area contributed by atoms with Crippen molar-refractivity contribution in [3.63, 3.8) is 0 Å². The fraction of sp³-hybridized carbons (Fsp3) is 0.350. The van der Waals surface area contributed by atoms with Crippen LogP contribution in [0.5, 0.6) is 5.75 Å². The van der Waals surface area contributed by atoms with Crippen LogP contribution >= 0.6 is 0 Å². The van der Waals surface area contributed by atoms with Crippen LogP contribution in [0.2, 0.25) is 0 Å². The van der Waals surface area contributed by atoms with Crippen LogP contribution in [0.1, 0.15) is 25.0 Å². The Morgan fingerprint density at radius 3 is 2.80 bits per heavy atom. The summed E-state index contributed by atoms with van der Waals surface area (Å²) in [5, 5.41) is 10.1. The number of allylic oxidation sites excluding steroid dienone is 3. The number of fused-ring (bicyclic) bond motifs is 1. The lowest BCUT2D eigenvalue weighted by atomic mass is 10.1. The molecule has 25 heavy (non-hydrogen) atoms. The van der Waals surface area contributed by atoms with Crippen LogP contribution in [0.4, 0.5) is 0 Å². The molecule has 1 aromatic rings. The van der Waals surface area contributed by atoms with E-state index in [1.807, 2.05) is 38.1 Å². The molecule has 1 amide bonds. The van der Waals surface area contributed by atoms with Gasteiger partial charge in [0.25, 0.3) is 5.91 Å². The summed E-state index contributed by atoms with van der Waals surface area (Å²) in [4.78, 5) is 14.2. The smallest absolute Gasteiger partial charge is 0.257 e. The van der Waals surface area contributed by atoms with Gasteiger partial charge < -0.3 is 20.5 Å². The first-order valence-electron chi connectivity index (χ1n) is 8.43.